The Morgan fingerprint density at radius 2 is 1.88 bits per heavy atom. The number of hydrogen-bond donors (Lipinski definition) is 1. The van der Waals surface area contributed by atoms with E-state index >= 15 is 0 Å². The number of nitrogens with zero attached hydrogens (tertiary/aromatic N) is 3. The summed E-state index contributed by atoms with van der Waals surface area (Å²) in [6.07, 6.45) is 3.78. The first-order chi connectivity index (χ1) is 12.1. The van der Waals surface area contributed by atoms with E-state index in [4.69, 9.17) is 0 Å². The molecule has 1 aliphatic rings. The van der Waals surface area contributed by atoms with Crippen LogP contribution in [-0.4, -0.2) is 44.9 Å². The monoisotopic (exact) mass is 343 g/mol. The van der Waals surface area contributed by atoms with Crippen molar-refractivity contribution in [1.29, 1.82) is 0 Å². The molecule has 2 aromatic rings. The lowest BCUT2D eigenvalue weighted by molar-refractivity contribution is 0.0541. The highest BCUT2D eigenvalue weighted by Crippen LogP contribution is 2.18. The van der Waals surface area contributed by atoms with Crippen molar-refractivity contribution in [3.63, 3.8) is 0 Å². The highest BCUT2D eigenvalue weighted by atomic mass is 16.3. The predicted octanol–water partition coefficient (Wildman–Crippen LogP) is 2.18. The number of carbonyl (C=O) groups excluding carboxylic acids is 1. The van der Waals surface area contributed by atoms with E-state index in [0.717, 1.165) is 19.3 Å². The Balaban J connectivity index is 1.99. The zero-order chi connectivity index (χ0) is 17.8. The van der Waals surface area contributed by atoms with Gasteiger partial charge in [0.15, 0.2) is 5.69 Å². The second-order valence-electron chi connectivity index (χ2n) is 6.65. The van der Waals surface area contributed by atoms with Crippen LogP contribution < -0.4 is 5.56 Å². The third-order valence-electron chi connectivity index (χ3n) is 4.80. The summed E-state index contributed by atoms with van der Waals surface area (Å²) in [5.41, 5.74) is 0.195. The molecule has 1 aliphatic heterocycles. The summed E-state index contributed by atoms with van der Waals surface area (Å²) in [6, 6.07) is 7.17. The smallest absolute Gasteiger partial charge is 0.274 e. The number of amides is 1. The number of aliphatic hydroxyl groups excluding tert-OH is 1. The molecule has 6 nitrogen and oxygen atoms in total. The van der Waals surface area contributed by atoms with Gasteiger partial charge in [0.05, 0.1) is 11.5 Å². The molecule has 0 unspecified atom stereocenters. The Kier molecular flexibility index (Phi) is 5.48. The normalized spacial score (nSPS) is 15.7. The summed E-state index contributed by atoms with van der Waals surface area (Å²) in [5, 5.41) is 15.2. The average molecular weight is 343 g/mol. The first-order valence-corrected chi connectivity index (χ1v) is 9.09. The summed E-state index contributed by atoms with van der Waals surface area (Å²) in [6.45, 7) is 3.67. The quantitative estimate of drug-likeness (QED) is 0.845. The highest BCUT2D eigenvalue weighted by molar-refractivity contribution is 6.04. The van der Waals surface area contributed by atoms with Crippen molar-refractivity contribution >= 4 is 16.7 Å². The van der Waals surface area contributed by atoms with Crippen molar-refractivity contribution < 1.29 is 9.90 Å². The molecule has 0 bridgehead atoms. The van der Waals surface area contributed by atoms with Gasteiger partial charge in [-0.3, -0.25) is 9.59 Å². The molecule has 2 heterocycles. The molecule has 1 fully saturated rings. The van der Waals surface area contributed by atoms with Crippen molar-refractivity contribution in [2.45, 2.75) is 51.7 Å². The van der Waals surface area contributed by atoms with Gasteiger partial charge in [-0.2, -0.15) is 5.10 Å². The number of carbonyl (C=O) groups is 1. The lowest BCUT2D eigenvalue weighted by Crippen LogP contribution is -2.41. The number of aryl methyl sites for hydroxylation is 1. The van der Waals surface area contributed by atoms with Crippen molar-refractivity contribution in [3.8, 4) is 0 Å². The van der Waals surface area contributed by atoms with Gasteiger partial charge in [-0.1, -0.05) is 38.0 Å². The molecular weight excluding hydrogens is 318 g/mol. The standard InChI is InChI=1S/C19H25N3O3/c1-2-3-6-11-22-18(24)16-8-5-4-7-15(16)17(20-22)19(25)21-12-9-14(23)10-13-21/h4-5,7-8,14,23H,2-3,6,9-13H2,1H3. The van der Waals surface area contributed by atoms with Crippen LogP contribution in [0.4, 0.5) is 0 Å². The molecule has 0 radical (unpaired) electrons. The van der Waals surface area contributed by atoms with Crippen LogP contribution >= 0.6 is 0 Å². The Hall–Kier alpha value is -2.21. The van der Waals surface area contributed by atoms with Gasteiger partial charge in [-0.25, -0.2) is 4.68 Å². The summed E-state index contributed by atoms with van der Waals surface area (Å²) in [7, 11) is 0. The van der Waals surface area contributed by atoms with Crippen molar-refractivity contribution in [2.24, 2.45) is 0 Å². The number of aromatic nitrogens is 2. The molecule has 0 aliphatic carbocycles. The minimum Gasteiger partial charge on any atom is -0.393 e. The summed E-state index contributed by atoms with van der Waals surface area (Å²) in [5.74, 6) is -0.160. The number of unbranched alkanes of at least 4 members (excludes halogenated alkanes) is 2. The van der Waals surface area contributed by atoms with E-state index in [-0.39, 0.29) is 17.6 Å². The summed E-state index contributed by atoms with van der Waals surface area (Å²) in [4.78, 5) is 27.4. The minimum absolute atomic E-state index is 0.141. The van der Waals surface area contributed by atoms with Crippen LogP contribution in [0.1, 0.15) is 49.5 Å². The average Bonchev–Trinajstić information content (AvgIpc) is 2.64. The van der Waals surface area contributed by atoms with E-state index in [1.807, 2.05) is 12.1 Å². The maximum Gasteiger partial charge on any atom is 0.274 e. The van der Waals surface area contributed by atoms with Crippen LogP contribution in [0.15, 0.2) is 29.1 Å². The van der Waals surface area contributed by atoms with Gasteiger partial charge in [0.2, 0.25) is 0 Å². The molecular formula is C19H25N3O3. The van der Waals surface area contributed by atoms with Gasteiger partial charge in [0, 0.05) is 25.0 Å². The third-order valence-corrected chi connectivity index (χ3v) is 4.80. The van der Waals surface area contributed by atoms with E-state index in [9.17, 15) is 14.7 Å². The van der Waals surface area contributed by atoms with Crippen LogP contribution in [0.25, 0.3) is 10.8 Å². The van der Waals surface area contributed by atoms with E-state index in [2.05, 4.69) is 12.0 Å². The number of fused-ring (bicyclic) bond motifs is 1. The van der Waals surface area contributed by atoms with E-state index in [1.165, 1.54) is 4.68 Å². The van der Waals surface area contributed by atoms with Crippen molar-refractivity contribution in [3.05, 3.63) is 40.3 Å². The predicted molar refractivity (Wildman–Crippen MR) is 96.7 cm³/mol. The Bertz CT molecular complexity index is 807. The third kappa shape index (κ3) is 3.74. The fourth-order valence-corrected chi connectivity index (χ4v) is 3.27. The number of rotatable bonds is 5. The maximum atomic E-state index is 13.0. The first kappa shape index (κ1) is 17.6. The Morgan fingerprint density at radius 1 is 1.20 bits per heavy atom. The number of likely N-dealkylation sites (tertiary alicyclic amines) is 1. The minimum atomic E-state index is -0.336. The van der Waals surface area contributed by atoms with Gasteiger partial charge in [0.1, 0.15) is 0 Å². The topological polar surface area (TPSA) is 75.4 Å². The highest BCUT2D eigenvalue weighted by Gasteiger charge is 2.25. The fourth-order valence-electron chi connectivity index (χ4n) is 3.27. The van der Waals surface area contributed by atoms with Gasteiger partial charge >= 0.3 is 0 Å². The number of benzene rings is 1. The molecule has 1 amide bonds. The van der Waals surface area contributed by atoms with Crippen molar-refractivity contribution in [2.75, 3.05) is 13.1 Å². The van der Waals surface area contributed by atoms with Gasteiger partial charge in [0.25, 0.3) is 11.5 Å². The Labute approximate surface area is 147 Å². The Morgan fingerprint density at radius 3 is 2.56 bits per heavy atom. The fraction of sp³-hybridized carbons (Fsp3) is 0.526. The van der Waals surface area contributed by atoms with E-state index < -0.39 is 0 Å². The largest absolute Gasteiger partial charge is 0.393 e. The van der Waals surface area contributed by atoms with E-state index in [0.29, 0.717) is 48.9 Å². The second-order valence-corrected chi connectivity index (χ2v) is 6.65. The SMILES string of the molecule is CCCCCn1nc(C(=O)N2CCC(O)CC2)c2ccccc2c1=O. The molecule has 3 rings (SSSR count). The molecule has 134 valence electrons. The number of piperidine rings is 1. The molecule has 0 spiro atoms. The molecule has 0 saturated carbocycles. The van der Waals surface area contributed by atoms with Gasteiger partial charge in [-0.15, -0.1) is 0 Å². The second kappa shape index (κ2) is 7.78. The number of aliphatic hydroxyl groups is 1. The summed E-state index contributed by atoms with van der Waals surface area (Å²) >= 11 is 0. The number of hydrogen-bond acceptors (Lipinski definition) is 4. The van der Waals surface area contributed by atoms with Crippen LogP contribution in [0, 0.1) is 0 Å². The molecule has 0 atom stereocenters. The maximum absolute atomic E-state index is 13.0. The van der Waals surface area contributed by atoms with E-state index in [1.54, 1.807) is 17.0 Å². The molecule has 25 heavy (non-hydrogen) atoms. The van der Waals surface area contributed by atoms with Crippen LogP contribution in [-0.2, 0) is 6.54 Å². The van der Waals surface area contributed by atoms with Crippen molar-refractivity contribution in [1.82, 2.24) is 14.7 Å². The van der Waals surface area contributed by atoms with Crippen LogP contribution in [0.2, 0.25) is 0 Å². The van der Waals surface area contributed by atoms with Crippen LogP contribution in [0.3, 0.4) is 0 Å². The molecule has 1 aromatic carbocycles. The lowest BCUT2D eigenvalue weighted by Gasteiger charge is -2.29. The first-order valence-electron chi connectivity index (χ1n) is 9.09. The van der Waals surface area contributed by atoms with Gasteiger partial charge in [-0.05, 0) is 25.3 Å². The van der Waals surface area contributed by atoms with Crippen LogP contribution in [0.5, 0.6) is 0 Å². The molecule has 6 heteroatoms. The lowest BCUT2D eigenvalue weighted by atomic mass is 10.1. The summed E-state index contributed by atoms with van der Waals surface area (Å²) < 4.78 is 1.43. The molecule has 1 aromatic heterocycles. The zero-order valence-electron chi connectivity index (χ0n) is 14.6. The zero-order valence-corrected chi connectivity index (χ0v) is 14.6. The molecule has 1 saturated heterocycles. The van der Waals surface area contributed by atoms with Gasteiger partial charge < -0.3 is 10.0 Å². The molecule has 1 N–H and O–H groups in total.